The number of allylic oxidation sites excluding steroid dienone is 2. The average molecular weight is 374 g/mol. The van der Waals surface area contributed by atoms with Gasteiger partial charge in [0.15, 0.2) is 0 Å². The molecule has 1 aromatic heterocycles. The van der Waals surface area contributed by atoms with Crippen LogP contribution >= 0.6 is 0 Å². The standard InChI is InChI=1S/C25H43NO/c1-3-4-5-6-7-8-9-10-11-12-13-14-15-16-17-21-25(27-2)23-24-20-18-19-22-26-24/h10-11,18-20,22,25H,3-9,12-17,21,23H2,1-2H3/b11-10-. The Bertz CT molecular complexity index is 443. The highest BCUT2D eigenvalue weighted by molar-refractivity contribution is 5.04. The molecule has 1 heterocycles. The van der Waals surface area contributed by atoms with Crippen molar-refractivity contribution in [1.82, 2.24) is 4.98 Å². The van der Waals surface area contributed by atoms with Crippen molar-refractivity contribution in [2.24, 2.45) is 0 Å². The van der Waals surface area contributed by atoms with Gasteiger partial charge in [0.1, 0.15) is 0 Å². The van der Waals surface area contributed by atoms with Gasteiger partial charge >= 0.3 is 0 Å². The highest BCUT2D eigenvalue weighted by Gasteiger charge is 2.08. The molecule has 0 spiro atoms. The first-order chi connectivity index (χ1) is 13.4. The third-order valence-corrected chi connectivity index (χ3v) is 5.28. The zero-order valence-electron chi connectivity index (χ0n) is 18.0. The molecule has 0 N–H and O–H groups in total. The van der Waals surface area contributed by atoms with E-state index in [2.05, 4.69) is 36.2 Å². The van der Waals surface area contributed by atoms with Crippen molar-refractivity contribution in [3.63, 3.8) is 0 Å². The minimum atomic E-state index is 0.310. The van der Waals surface area contributed by atoms with Crippen molar-refractivity contribution < 1.29 is 4.74 Å². The van der Waals surface area contributed by atoms with Crippen LogP contribution in [-0.2, 0) is 11.2 Å². The molecule has 0 aliphatic heterocycles. The fourth-order valence-electron chi connectivity index (χ4n) is 3.50. The summed E-state index contributed by atoms with van der Waals surface area (Å²) in [5.41, 5.74) is 1.14. The van der Waals surface area contributed by atoms with Crippen LogP contribution in [0.2, 0.25) is 0 Å². The number of rotatable bonds is 18. The first-order valence-corrected chi connectivity index (χ1v) is 11.4. The topological polar surface area (TPSA) is 22.1 Å². The lowest BCUT2D eigenvalue weighted by Crippen LogP contribution is -2.14. The monoisotopic (exact) mass is 373 g/mol. The fraction of sp³-hybridized carbons (Fsp3) is 0.720. The molecule has 1 atom stereocenters. The molecule has 0 saturated heterocycles. The molecule has 0 saturated carbocycles. The number of unbranched alkanes of at least 4 members (excludes halogenated alkanes) is 11. The lowest BCUT2D eigenvalue weighted by molar-refractivity contribution is 0.0922. The number of methoxy groups -OCH3 is 1. The number of hydrogen-bond acceptors (Lipinski definition) is 2. The minimum absolute atomic E-state index is 0.310. The molecule has 1 rings (SSSR count). The maximum absolute atomic E-state index is 5.62. The van der Waals surface area contributed by atoms with E-state index in [0.29, 0.717) is 6.10 Å². The predicted octanol–water partition coefficient (Wildman–Crippen LogP) is 7.68. The smallest absolute Gasteiger partial charge is 0.0626 e. The molecule has 0 aromatic carbocycles. The quantitative estimate of drug-likeness (QED) is 0.194. The molecule has 0 aliphatic carbocycles. The lowest BCUT2D eigenvalue weighted by Gasteiger charge is -2.14. The Kier molecular flexibility index (Phi) is 16.1. The summed E-state index contributed by atoms with van der Waals surface area (Å²) >= 11 is 0. The van der Waals surface area contributed by atoms with Crippen molar-refractivity contribution in [2.75, 3.05) is 7.11 Å². The number of hydrogen-bond donors (Lipinski definition) is 0. The van der Waals surface area contributed by atoms with Crippen LogP contribution in [0.15, 0.2) is 36.5 Å². The van der Waals surface area contributed by atoms with Crippen LogP contribution in [-0.4, -0.2) is 18.2 Å². The molecule has 0 bridgehead atoms. The van der Waals surface area contributed by atoms with Gasteiger partial charge in [-0.05, 0) is 44.2 Å². The predicted molar refractivity (Wildman–Crippen MR) is 118 cm³/mol. The van der Waals surface area contributed by atoms with Gasteiger partial charge in [0.05, 0.1) is 6.10 Å². The Balaban J connectivity index is 1.88. The maximum Gasteiger partial charge on any atom is 0.0626 e. The Morgan fingerprint density at radius 3 is 2.07 bits per heavy atom. The van der Waals surface area contributed by atoms with Gasteiger partial charge in [0.25, 0.3) is 0 Å². The summed E-state index contributed by atoms with van der Waals surface area (Å²) in [4.78, 5) is 4.40. The molecule has 2 heteroatoms. The van der Waals surface area contributed by atoms with Gasteiger partial charge in [-0.15, -0.1) is 0 Å². The highest BCUT2D eigenvalue weighted by atomic mass is 16.5. The van der Waals surface area contributed by atoms with Gasteiger partial charge in [0, 0.05) is 25.4 Å². The van der Waals surface area contributed by atoms with Crippen LogP contribution in [0.4, 0.5) is 0 Å². The van der Waals surface area contributed by atoms with E-state index >= 15 is 0 Å². The van der Waals surface area contributed by atoms with E-state index in [-0.39, 0.29) is 0 Å². The molecule has 0 radical (unpaired) electrons. The summed E-state index contributed by atoms with van der Waals surface area (Å²) in [6.45, 7) is 2.28. The number of nitrogens with zero attached hydrogens (tertiary/aromatic N) is 1. The van der Waals surface area contributed by atoms with Gasteiger partial charge in [-0.3, -0.25) is 4.98 Å². The molecular formula is C25H43NO. The number of aromatic nitrogens is 1. The SMILES string of the molecule is CCCCCCCC/C=C\CCCCCCCC(Cc1ccccn1)OC. The van der Waals surface area contributed by atoms with Crippen LogP contribution in [0.1, 0.15) is 103 Å². The zero-order valence-corrected chi connectivity index (χ0v) is 18.0. The normalized spacial score (nSPS) is 12.7. The summed E-state index contributed by atoms with van der Waals surface area (Å²) in [5.74, 6) is 0. The van der Waals surface area contributed by atoms with Gasteiger partial charge in [-0.25, -0.2) is 0 Å². The van der Waals surface area contributed by atoms with Crippen molar-refractivity contribution in [2.45, 2.75) is 109 Å². The Labute approximate surface area is 168 Å². The highest BCUT2D eigenvalue weighted by Crippen LogP contribution is 2.13. The van der Waals surface area contributed by atoms with Crippen LogP contribution in [0.25, 0.3) is 0 Å². The van der Waals surface area contributed by atoms with Crippen LogP contribution in [0.3, 0.4) is 0 Å². The van der Waals surface area contributed by atoms with Crippen molar-refractivity contribution in [3.8, 4) is 0 Å². The second-order valence-electron chi connectivity index (χ2n) is 7.76. The molecule has 2 nitrogen and oxygen atoms in total. The molecule has 0 aliphatic rings. The summed E-state index contributed by atoms with van der Waals surface area (Å²) in [6, 6.07) is 6.11. The Morgan fingerprint density at radius 1 is 0.852 bits per heavy atom. The van der Waals surface area contributed by atoms with E-state index in [1.54, 1.807) is 0 Å². The molecule has 1 aromatic rings. The molecular weight excluding hydrogens is 330 g/mol. The van der Waals surface area contributed by atoms with E-state index in [1.165, 1.54) is 83.5 Å². The second kappa shape index (κ2) is 18.2. The van der Waals surface area contributed by atoms with E-state index in [4.69, 9.17) is 4.74 Å². The fourth-order valence-corrected chi connectivity index (χ4v) is 3.50. The summed E-state index contributed by atoms with van der Waals surface area (Å²) in [6.07, 6.45) is 26.6. The molecule has 27 heavy (non-hydrogen) atoms. The summed E-state index contributed by atoms with van der Waals surface area (Å²) in [7, 11) is 1.82. The third-order valence-electron chi connectivity index (χ3n) is 5.28. The van der Waals surface area contributed by atoms with E-state index in [0.717, 1.165) is 18.5 Å². The van der Waals surface area contributed by atoms with Gasteiger partial charge in [-0.2, -0.15) is 0 Å². The first kappa shape index (κ1) is 23.9. The Morgan fingerprint density at radius 2 is 1.48 bits per heavy atom. The summed E-state index contributed by atoms with van der Waals surface area (Å²) in [5, 5.41) is 0. The Hall–Kier alpha value is -1.15. The zero-order chi connectivity index (χ0) is 19.4. The van der Waals surface area contributed by atoms with Crippen molar-refractivity contribution in [1.29, 1.82) is 0 Å². The second-order valence-corrected chi connectivity index (χ2v) is 7.76. The van der Waals surface area contributed by atoms with E-state index < -0.39 is 0 Å². The average Bonchev–Trinajstić information content (AvgIpc) is 2.70. The van der Waals surface area contributed by atoms with Gasteiger partial charge in [-0.1, -0.05) is 82.9 Å². The third kappa shape index (κ3) is 14.6. The van der Waals surface area contributed by atoms with E-state index in [9.17, 15) is 0 Å². The number of ether oxygens (including phenoxy) is 1. The molecule has 0 fully saturated rings. The van der Waals surface area contributed by atoms with Crippen LogP contribution in [0.5, 0.6) is 0 Å². The molecule has 1 unspecified atom stereocenters. The molecule has 154 valence electrons. The minimum Gasteiger partial charge on any atom is -0.381 e. The number of pyridine rings is 1. The first-order valence-electron chi connectivity index (χ1n) is 11.4. The maximum atomic E-state index is 5.62. The summed E-state index contributed by atoms with van der Waals surface area (Å²) < 4.78 is 5.62. The van der Waals surface area contributed by atoms with Gasteiger partial charge < -0.3 is 4.74 Å². The lowest BCUT2D eigenvalue weighted by atomic mass is 10.0. The molecule has 0 amide bonds. The van der Waals surface area contributed by atoms with Gasteiger partial charge in [0.2, 0.25) is 0 Å². The van der Waals surface area contributed by atoms with Crippen LogP contribution in [0, 0.1) is 0 Å². The van der Waals surface area contributed by atoms with E-state index in [1.807, 2.05) is 19.4 Å². The largest absolute Gasteiger partial charge is 0.381 e. The van der Waals surface area contributed by atoms with Crippen molar-refractivity contribution >= 4 is 0 Å². The van der Waals surface area contributed by atoms with Crippen molar-refractivity contribution in [3.05, 3.63) is 42.2 Å². The van der Waals surface area contributed by atoms with Crippen LogP contribution < -0.4 is 0 Å².